The number of hydrogen-bond donors (Lipinski definition) is 2. The van der Waals surface area contributed by atoms with E-state index in [4.69, 9.17) is 9.72 Å². The van der Waals surface area contributed by atoms with Gasteiger partial charge in [0.15, 0.2) is 5.13 Å². The third-order valence-corrected chi connectivity index (χ3v) is 9.31. The minimum atomic E-state index is -3.65. The Hall–Kier alpha value is -3.58. The third-order valence-electron chi connectivity index (χ3n) is 5.48. The van der Waals surface area contributed by atoms with Gasteiger partial charge in [0.25, 0.3) is 15.9 Å². The first-order chi connectivity index (χ1) is 18.0. The zero-order chi connectivity index (χ0) is 25.7. The van der Waals surface area contributed by atoms with Gasteiger partial charge < -0.3 is 9.64 Å². The Morgan fingerprint density at radius 1 is 1.03 bits per heavy atom. The molecule has 0 aliphatic carbocycles. The first kappa shape index (κ1) is 25.1. The van der Waals surface area contributed by atoms with Gasteiger partial charge >= 0.3 is 0 Å². The fraction of sp³-hybridized carbons (Fsp3) is 0.160. The van der Waals surface area contributed by atoms with Gasteiger partial charge in [-0.25, -0.2) is 18.8 Å². The molecule has 1 aliphatic heterocycles. The molecule has 3 heterocycles. The molecule has 2 aromatic carbocycles. The molecule has 9 nitrogen and oxygen atoms in total. The molecular formula is C25H23N5O4S3. The molecule has 1 fully saturated rings. The first-order valence-electron chi connectivity index (χ1n) is 11.4. The summed E-state index contributed by atoms with van der Waals surface area (Å²) in [5.41, 5.74) is 5.01. The van der Waals surface area contributed by atoms with Crippen molar-refractivity contribution >= 4 is 55.6 Å². The van der Waals surface area contributed by atoms with Crippen molar-refractivity contribution in [3.8, 4) is 11.3 Å². The summed E-state index contributed by atoms with van der Waals surface area (Å²) in [5, 5.41) is 6.75. The lowest BCUT2D eigenvalue weighted by molar-refractivity contribution is 0.0955. The topological polar surface area (TPSA) is 113 Å². The summed E-state index contributed by atoms with van der Waals surface area (Å²) in [6.45, 7) is 2.87. The van der Waals surface area contributed by atoms with Crippen LogP contribution >= 0.6 is 22.7 Å². The molecule has 0 spiro atoms. The van der Waals surface area contributed by atoms with Gasteiger partial charge in [-0.1, -0.05) is 47.7 Å². The second-order valence-electron chi connectivity index (χ2n) is 7.99. The molecule has 1 aliphatic rings. The fourth-order valence-electron chi connectivity index (χ4n) is 3.63. The molecule has 12 heteroatoms. The van der Waals surface area contributed by atoms with Gasteiger partial charge in [0.1, 0.15) is 4.21 Å². The maximum Gasteiger partial charge on any atom is 0.271 e. The van der Waals surface area contributed by atoms with E-state index in [0.29, 0.717) is 24.5 Å². The minimum absolute atomic E-state index is 0.221. The van der Waals surface area contributed by atoms with Gasteiger partial charge in [0.2, 0.25) is 0 Å². The van der Waals surface area contributed by atoms with Crippen molar-refractivity contribution in [3.05, 3.63) is 82.6 Å². The summed E-state index contributed by atoms with van der Waals surface area (Å²) in [5.74, 6) is -0.414. The monoisotopic (exact) mass is 553 g/mol. The van der Waals surface area contributed by atoms with Crippen molar-refractivity contribution in [3.63, 3.8) is 0 Å². The number of thiophene rings is 1. The Labute approximate surface area is 222 Å². The van der Waals surface area contributed by atoms with E-state index in [-0.39, 0.29) is 4.21 Å². The molecule has 0 bridgehead atoms. The second kappa shape index (κ2) is 11.2. The second-order valence-corrected chi connectivity index (χ2v) is 11.9. The number of ether oxygens (including phenoxy) is 1. The van der Waals surface area contributed by atoms with E-state index in [1.807, 2.05) is 30.3 Å². The van der Waals surface area contributed by atoms with E-state index < -0.39 is 15.9 Å². The molecule has 4 aromatic rings. The SMILES string of the molecule is O=C(N/N=C/c1sc(N2CCOCC2)nc1-c1ccccc1)c1ccc(NS(=O)(=O)c2cccs2)cc1. The quantitative estimate of drug-likeness (QED) is 0.249. The van der Waals surface area contributed by atoms with E-state index in [1.165, 1.54) is 41.7 Å². The lowest BCUT2D eigenvalue weighted by Gasteiger charge is -2.26. The zero-order valence-corrected chi connectivity index (χ0v) is 22.0. The van der Waals surface area contributed by atoms with Crippen molar-refractivity contribution in [1.82, 2.24) is 10.4 Å². The van der Waals surface area contributed by atoms with Gasteiger partial charge in [-0.05, 0) is 35.7 Å². The zero-order valence-electron chi connectivity index (χ0n) is 19.5. The van der Waals surface area contributed by atoms with Gasteiger partial charge in [0.05, 0.1) is 30.0 Å². The van der Waals surface area contributed by atoms with Crippen molar-refractivity contribution in [2.75, 3.05) is 35.9 Å². The molecule has 0 unspecified atom stereocenters. The maximum atomic E-state index is 12.6. The number of nitrogens with one attached hydrogen (secondary N) is 2. The van der Waals surface area contributed by atoms with Gasteiger partial charge in [0, 0.05) is 29.9 Å². The van der Waals surface area contributed by atoms with Crippen LogP contribution in [0.15, 0.2) is 81.4 Å². The lowest BCUT2D eigenvalue weighted by Crippen LogP contribution is -2.36. The number of hydrogen-bond acceptors (Lipinski definition) is 9. The van der Waals surface area contributed by atoms with E-state index in [1.54, 1.807) is 17.7 Å². The maximum absolute atomic E-state index is 12.6. The lowest BCUT2D eigenvalue weighted by atomic mass is 10.1. The highest BCUT2D eigenvalue weighted by Gasteiger charge is 2.19. The number of sulfonamides is 1. The molecule has 0 saturated carbocycles. The van der Waals surface area contributed by atoms with E-state index in [9.17, 15) is 13.2 Å². The van der Waals surface area contributed by atoms with Gasteiger partial charge in [-0.15, -0.1) is 11.3 Å². The molecule has 190 valence electrons. The normalized spacial score (nSPS) is 14.1. The van der Waals surface area contributed by atoms with Crippen LogP contribution in [-0.4, -0.2) is 51.8 Å². The number of carbonyl (C=O) groups is 1. The number of morpholine rings is 1. The third kappa shape index (κ3) is 6.05. The van der Waals surface area contributed by atoms with Gasteiger partial charge in [-0.2, -0.15) is 5.10 Å². The van der Waals surface area contributed by atoms with Crippen LogP contribution in [0.4, 0.5) is 10.8 Å². The van der Waals surface area contributed by atoms with Crippen LogP contribution in [-0.2, 0) is 14.8 Å². The molecule has 0 radical (unpaired) electrons. The predicted octanol–water partition coefficient (Wildman–Crippen LogP) is 4.27. The number of rotatable bonds is 8. The summed E-state index contributed by atoms with van der Waals surface area (Å²) >= 11 is 2.64. The highest BCUT2D eigenvalue weighted by Crippen LogP contribution is 2.32. The molecule has 2 N–H and O–H groups in total. The van der Waals surface area contributed by atoms with E-state index in [0.717, 1.165) is 45.7 Å². The van der Waals surface area contributed by atoms with Crippen LogP contribution in [0.3, 0.4) is 0 Å². The number of aromatic nitrogens is 1. The summed E-state index contributed by atoms with van der Waals surface area (Å²) in [6, 6.07) is 19.2. The number of benzene rings is 2. The van der Waals surface area contributed by atoms with Crippen LogP contribution in [0, 0.1) is 0 Å². The fourth-order valence-corrected chi connectivity index (χ4v) is 6.69. The number of thiazole rings is 1. The number of carbonyl (C=O) groups excluding carboxylic acids is 1. The number of amides is 1. The number of hydrazone groups is 1. The minimum Gasteiger partial charge on any atom is -0.378 e. The predicted molar refractivity (Wildman–Crippen MR) is 147 cm³/mol. The summed E-state index contributed by atoms with van der Waals surface area (Å²) in [6.07, 6.45) is 1.60. The summed E-state index contributed by atoms with van der Waals surface area (Å²) < 4.78 is 32.9. The number of anilines is 2. The van der Waals surface area contributed by atoms with Crippen LogP contribution in [0.1, 0.15) is 15.2 Å². The Morgan fingerprint density at radius 2 is 1.78 bits per heavy atom. The molecule has 2 aromatic heterocycles. The summed E-state index contributed by atoms with van der Waals surface area (Å²) in [4.78, 5) is 20.5. The van der Waals surface area contributed by atoms with Crippen molar-refractivity contribution in [2.24, 2.45) is 5.10 Å². The highest BCUT2D eigenvalue weighted by molar-refractivity contribution is 7.94. The van der Waals surface area contributed by atoms with E-state index >= 15 is 0 Å². The van der Waals surface area contributed by atoms with E-state index in [2.05, 4.69) is 20.1 Å². The molecule has 5 rings (SSSR count). The van der Waals surface area contributed by atoms with Crippen LogP contribution < -0.4 is 15.0 Å². The molecule has 0 atom stereocenters. The molecular weight excluding hydrogens is 531 g/mol. The Kier molecular flexibility index (Phi) is 7.60. The van der Waals surface area contributed by atoms with Crippen molar-refractivity contribution < 1.29 is 17.9 Å². The van der Waals surface area contributed by atoms with Crippen LogP contribution in [0.25, 0.3) is 11.3 Å². The van der Waals surface area contributed by atoms with Gasteiger partial charge in [-0.3, -0.25) is 9.52 Å². The number of nitrogens with zero attached hydrogens (tertiary/aromatic N) is 3. The summed E-state index contributed by atoms with van der Waals surface area (Å²) in [7, 11) is -3.65. The Morgan fingerprint density at radius 3 is 2.49 bits per heavy atom. The highest BCUT2D eigenvalue weighted by atomic mass is 32.2. The average Bonchev–Trinajstić information content (AvgIpc) is 3.61. The first-order valence-corrected chi connectivity index (χ1v) is 14.6. The van der Waals surface area contributed by atoms with Crippen molar-refractivity contribution in [2.45, 2.75) is 4.21 Å². The van der Waals surface area contributed by atoms with Crippen molar-refractivity contribution in [1.29, 1.82) is 0 Å². The molecule has 1 saturated heterocycles. The Balaban J connectivity index is 1.28. The standard InChI is InChI=1S/C25H23N5O4S3/c31-24(19-8-10-20(11-9-19)29-37(32,33)22-7-4-16-35-22)28-26-17-21-23(18-5-2-1-3-6-18)27-25(36-21)30-12-14-34-15-13-30/h1-11,16-17,29H,12-15H2,(H,28,31)/b26-17+. The largest absolute Gasteiger partial charge is 0.378 e. The average molecular weight is 554 g/mol. The van der Waals surface area contributed by atoms with Crippen LogP contribution in [0.2, 0.25) is 0 Å². The smallest absolute Gasteiger partial charge is 0.271 e. The Bertz CT molecular complexity index is 1480. The molecule has 1 amide bonds. The molecule has 37 heavy (non-hydrogen) atoms. The van der Waals surface area contributed by atoms with Crippen LogP contribution in [0.5, 0.6) is 0 Å².